The highest BCUT2D eigenvalue weighted by molar-refractivity contribution is 5.38. The van der Waals surface area contributed by atoms with E-state index in [1.165, 1.54) is 5.56 Å². The third kappa shape index (κ3) is 3.01. The summed E-state index contributed by atoms with van der Waals surface area (Å²) in [6, 6.07) is 7.64. The van der Waals surface area contributed by atoms with Crippen LogP contribution in [0.3, 0.4) is 0 Å². The summed E-state index contributed by atoms with van der Waals surface area (Å²) in [4.78, 5) is 6.11. The van der Waals surface area contributed by atoms with Crippen molar-refractivity contribution in [3.05, 3.63) is 47.9 Å². The van der Waals surface area contributed by atoms with E-state index < -0.39 is 0 Å². The second-order valence-electron chi connectivity index (χ2n) is 3.91. The third-order valence-corrected chi connectivity index (χ3v) is 2.70. The summed E-state index contributed by atoms with van der Waals surface area (Å²) in [6.07, 6.45) is 3.56. The minimum absolute atomic E-state index is 0.0796. The monoisotopic (exact) mass is 244 g/mol. The number of hydrogen-bond acceptors (Lipinski definition) is 5. The normalized spacial score (nSPS) is 10.3. The molecule has 0 amide bonds. The van der Waals surface area contributed by atoms with Crippen molar-refractivity contribution in [1.82, 2.24) is 15.2 Å². The molecule has 0 aliphatic rings. The average Bonchev–Trinajstić information content (AvgIpc) is 2.46. The van der Waals surface area contributed by atoms with E-state index in [-0.39, 0.29) is 6.61 Å². The molecular weight excluding hydrogens is 228 g/mol. The van der Waals surface area contributed by atoms with Gasteiger partial charge >= 0.3 is 0 Å². The number of aliphatic hydroxyl groups is 1. The van der Waals surface area contributed by atoms with Gasteiger partial charge in [0.25, 0.3) is 0 Å². The summed E-state index contributed by atoms with van der Waals surface area (Å²) < 4.78 is 0. The lowest BCUT2D eigenvalue weighted by molar-refractivity contribution is 0.275. The maximum absolute atomic E-state index is 8.94. The topological polar surface area (TPSA) is 62.1 Å². The predicted octanol–water partition coefficient (Wildman–Crippen LogP) is 1.39. The van der Waals surface area contributed by atoms with Gasteiger partial charge in [-0.2, -0.15) is 5.10 Å². The summed E-state index contributed by atoms with van der Waals surface area (Å²) in [5.74, 6) is 0.812. The fourth-order valence-corrected chi connectivity index (χ4v) is 1.67. The minimum Gasteiger partial charge on any atom is -0.390 e. The number of aromatic nitrogens is 3. The van der Waals surface area contributed by atoms with Gasteiger partial charge in [-0.25, -0.2) is 0 Å². The molecule has 0 spiro atoms. The molecule has 2 aromatic heterocycles. The molecule has 0 radical (unpaired) electrons. The molecule has 0 aliphatic heterocycles. The van der Waals surface area contributed by atoms with Gasteiger partial charge in [-0.15, -0.1) is 5.10 Å². The van der Waals surface area contributed by atoms with Crippen LogP contribution in [0.1, 0.15) is 18.2 Å². The van der Waals surface area contributed by atoms with Gasteiger partial charge in [0.2, 0.25) is 0 Å². The molecular formula is C13H16N4O. The predicted molar refractivity (Wildman–Crippen MR) is 68.9 cm³/mol. The zero-order chi connectivity index (χ0) is 12.8. The molecule has 2 rings (SSSR count). The molecule has 0 aromatic carbocycles. The molecule has 18 heavy (non-hydrogen) atoms. The van der Waals surface area contributed by atoms with Crippen LogP contribution in [0.2, 0.25) is 0 Å². The Morgan fingerprint density at radius 2 is 1.89 bits per heavy atom. The van der Waals surface area contributed by atoms with Crippen LogP contribution in [0, 0.1) is 0 Å². The number of nitrogens with zero attached hydrogens (tertiary/aromatic N) is 4. The molecule has 94 valence electrons. The maximum atomic E-state index is 8.94. The van der Waals surface area contributed by atoms with Crippen LogP contribution in [-0.4, -0.2) is 26.8 Å². The molecule has 0 bridgehead atoms. The van der Waals surface area contributed by atoms with Crippen molar-refractivity contribution in [3.63, 3.8) is 0 Å². The Morgan fingerprint density at radius 3 is 2.44 bits per heavy atom. The van der Waals surface area contributed by atoms with E-state index in [2.05, 4.69) is 27.0 Å². The molecule has 1 N–H and O–H groups in total. The molecule has 0 unspecified atom stereocenters. The first-order valence-corrected chi connectivity index (χ1v) is 5.90. The lowest BCUT2D eigenvalue weighted by atomic mass is 10.2. The first kappa shape index (κ1) is 12.4. The number of anilines is 1. The standard InChI is InChI=1S/C13H16N4O/c1-2-17(9-11-5-7-14-8-6-11)13-4-3-12(10-18)15-16-13/h3-8,18H,2,9-10H2,1H3. The summed E-state index contributed by atoms with van der Waals surface area (Å²) in [7, 11) is 0. The lowest BCUT2D eigenvalue weighted by Crippen LogP contribution is -2.23. The van der Waals surface area contributed by atoms with Gasteiger partial charge in [0, 0.05) is 25.5 Å². The maximum Gasteiger partial charge on any atom is 0.151 e. The molecule has 5 heteroatoms. The molecule has 0 atom stereocenters. The van der Waals surface area contributed by atoms with Gasteiger partial charge in [0.05, 0.1) is 12.3 Å². The quantitative estimate of drug-likeness (QED) is 0.861. The highest BCUT2D eigenvalue weighted by Gasteiger charge is 2.07. The van der Waals surface area contributed by atoms with Crippen LogP contribution < -0.4 is 4.90 Å². The van der Waals surface area contributed by atoms with Crippen molar-refractivity contribution < 1.29 is 5.11 Å². The Balaban J connectivity index is 2.12. The number of rotatable bonds is 5. The van der Waals surface area contributed by atoms with Crippen molar-refractivity contribution in [2.24, 2.45) is 0 Å². The van der Waals surface area contributed by atoms with Gasteiger partial charge in [-0.1, -0.05) is 0 Å². The zero-order valence-corrected chi connectivity index (χ0v) is 10.3. The molecule has 0 saturated carbocycles. The fraction of sp³-hybridized carbons (Fsp3) is 0.308. The third-order valence-electron chi connectivity index (χ3n) is 2.70. The zero-order valence-electron chi connectivity index (χ0n) is 10.3. The summed E-state index contributed by atoms with van der Waals surface area (Å²) in [5.41, 5.74) is 1.76. The second-order valence-corrected chi connectivity index (χ2v) is 3.91. The smallest absolute Gasteiger partial charge is 0.151 e. The highest BCUT2D eigenvalue weighted by atomic mass is 16.3. The van der Waals surface area contributed by atoms with E-state index in [1.54, 1.807) is 18.5 Å². The lowest BCUT2D eigenvalue weighted by Gasteiger charge is -2.21. The van der Waals surface area contributed by atoms with Gasteiger partial charge in [-0.3, -0.25) is 4.98 Å². The largest absolute Gasteiger partial charge is 0.390 e. The van der Waals surface area contributed by atoms with Crippen molar-refractivity contribution in [3.8, 4) is 0 Å². The second kappa shape index (κ2) is 6.07. The van der Waals surface area contributed by atoms with Crippen LogP contribution in [0.25, 0.3) is 0 Å². The van der Waals surface area contributed by atoms with Gasteiger partial charge in [-0.05, 0) is 36.8 Å². The Hall–Kier alpha value is -2.01. The Labute approximate surface area is 106 Å². The van der Waals surface area contributed by atoms with Crippen LogP contribution >= 0.6 is 0 Å². The van der Waals surface area contributed by atoms with Crippen molar-refractivity contribution >= 4 is 5.82 Å². The van der Waals surface area contributed by atoms with E-state index in [0.717, 1.165) is 18.9 Å². The summed E-state index contributed by atoms with van der Waals surface area (Å²) >= 11 is 0. The number of pyridine rings is 1. The fourth-order valence-electron chi connectivity index (χ4n) is 1.67. The SMILES string of the molecule is CCN(Cc1ccncc1)c1ccc(CO)nn1. The van der Waals surface area contributed by atoms with Gasteiger partial charge < -0.3 is 10.0 Å². The first-order chi connectivity index (χ1) is 8.83. The van der Waals surface area contributed by atoms with Gasteiger partial charge in [0.1, 0.15) is 0 Å². The Kier molecular flexibility index (Phi) is 4.20. The number of aliphatic hydroxyl groups excluding tert-OH is 1. The van der Waals surface area contributed by atoms with E-state index in [4.69, 9.17) is 5.11 Å². The molecule has 0 fully saturated rings. The summed E-state index contributed by atoms with van der Waals surface area (Å²) in [5, 5.41) is 17.0. The molecule has 5 nitrogen and oxygen atoms in total. The van der Waals surface area contributed by atoms with Crippen LogP contribution in [0.15, 0.2) is 36.7 Å². The van der Waals surface area contributed by atoms with Crippen LogP contribution in [-0.2, 0) is 13.2 Å². The first-order valence-electron chi connectivity index (χ1n) is 5.90. The Morgan fingerprint density at radius 1 is 1.11 bits per heavy atom. The van der Waals surface area contributed by atoms with Crippen LogP contribution in [0.4, 0.5) is 5.82 Å². The van der Waals surface area contributed by atoms with Crippen molar-refractivity contribution in [2.45, 2.75) is 20.1 Å². The minimum atomic E-state index is -0.0796. The van der Waals surface area contributed by atoms with E-state index in [0.29, 0.717) is 5.69 Å². The average molecular weight is 244 g/mol. The molecule has 2 aromatic rings. The van der Waals surface area contributed by atoms with Crippen molar-refractivity contribution in [1.29, 1.82) is 0 Å². The van der Waals surface area contributed by atoms with E-state index >= 15 is 0 Å². The van der Waals surface area contributed by atoms with Crippen molar-refractivity contribution in [2.75, 3.05) is 11.4 Å². The highest BCUT2D eigenvalue weighted by Crippen LogP contribution is 2.13. The van der Waals surface area contributed by atoms with Gasteiger partial charge in [0.15, 0.2) is 5.82 Å². The molecule has 0 saturated heterocycles. The van der Waals surface area contributed by atoms with Crippen LogP contribution in [0.5, 0.6) is 0 Å². The van der Waals surface area contributed by atoms with E-state index in [1.807, 2.05) is 18.2 Å². The number of hydrogen-bond donors (Lipinski definition) is 1. The Bertz CT molecular complexity index is 472. The molecule has 2 heterocycles. The summed E-state index contributed by atoms with van der Waals surface area (Å²) in [6.45, 7) is 3.61. The van der Waals surface area contributed by atoms with E-state index in [9.17, 15) is 0 Å². The molecule has 0 aliphatic carbocycles.